The van der Waals surface area contributed by atoms with E-state index in [-0.39, 0.29) is 31.0 Å². The molecule has 14 heteroatoms. The Bertz CT molecular complexity index is 1600. The second kappa shape index (κ2) is 14.4. The molecule has 242 valence electrons. The van der Waals surface area contributed by atoms with Crippen molar-refractivity contribution in [2.45, 2.75) is 43.3 Å². The number of rotatable bonds is 12. The summed E-state index contributed by atoms with van der Waals surface area (Å²) >= 11 is 0. The molecule has 2 amide bonds. The average Bonchev–Trinajstić information content (AvgIpc) is 3.54. The predicted octanol–water partition coefficient (Wildman–Crippen LogP) is 5.83. The van der Waals surface area contributed by atoms with Crippen molar-refractivity contribution < 1.29 is 40.7 Å². The molecule has 8 nitrogen and oxygen atoms in total. The predicted molar refractivity (Wildman–Crippen MR) is 156 cm³/mol. The highest BCUT2D eigenvalue weighted by Crippen LogP contribution is 2.36. The number of likely N-dealkylation sites (N-methyl/N-ethyl adjacent to an activating group) is 1. The lowest BCUT2D eigenvalue weighted by molar-refractivity contribution is -0.143. The van der Waals surface area contributed by atoms with Crippen molar-refractivity contribution in [3.05, 3.63) is 130 Å². The zero-order chi connectivity index (χ0) is 33.5. The van der Waals surface area contributed by atoms with Crippen LogP contribution in [-0.2, 0) is 34.8 Å². The zero-order valence-electron chi connectivity index (χ0n) is 24.2. The standard InChI is InChI=1S/C32H28F6N5O3/c1-39-27(20-10-6-3-7-11-20)28(44)25(16-24-17-40-18-41-24)42-30(46)26(12-19-8-4-2-5-9-19)43-29(45)21-13-22(31(33,34)35)15-23(14-21)32(36,37)38/h2-11,13-15,17-18,25-27H,12,16H2,1H3,(H,40,41)(H,42,46)(H,43,45)/q-1/t25-,26-,27?/m0/s1. The van der Waals surface area contributed by atoms with Gasteiger partial charge in [0.1, 0.15) is 11.8 Å². The molecule has 0 aliphatic carbocycles. The Morgan fingerprint density at radius 1 is 0.804 bits per heavy atom. The number of Topliss-reactive ketones (excluding diaryl/α,β-unsaturated/α-hetero) is 1. The molecule has 0 saturated carbocycles. The van der Waals surface area contributed by atoms with Crippen molar-refractivity contribution in [2.24, 2.45) is 0 Å². The van der Waals surface area contributed by atoms with E-state index in [2.05, 4.69) is 25.9 Å². The van der Waals surface area contributed by atoms with Gasteiger partial charge in [0.25, 0.3) is 5.91 Å². The van der Waals surface area contributed by atoms with Crippen molar-refractivity contribution in [3.8, 4) is 0 Å². The smallest absolute Gasteiger partial charge is 0.416 e. The van der Waals surface area contributed by atoms with Crippen LogP contribution in [0.3, 0.4) is 0 Å². The Balaban J connectivity index is 1.67. The van der Waals surface area contributed by atoms with Gasteiger partial charge < -0.3 is 20.9 Å². The number of alkyl halides is 6. The lowest BCUT2D eigenvalue weighted by Gasteiger charge is -2.32. The minimum Gasteiger partial charge on any atom is -0.652 e. The van der Waals surface area contributed by atoms with Gasteiger partial charge in [0.2, 0.25) is 5.91 Å². The summed E-state index contributed by atoms with van der Waals surface area (Å²) in [5.41, 5.74) is -2.77. The van der Waals surface area contributed by atoms with Gasteiger partial charge in [-0.05, 0) is 29.8 Å². The van der Waals surface area contributed by atoms with Gasteiger partial charge >= 0.3 is 12.4 Å². The summed E-state index contributed by atoms with van der Waals surface area (Å²) < 4.78 is 80.8. The number of ketones is 1. The molecule has 46 heavy (non-hydrogen) atoms. The van der Waals surface area contributed by atoms with Crippen molar-refractivity contribution >= 4 is 17.6 Å². The van der Waals surface area contributed by atoms with Crippen LogP contribution >= 0.6 is 0 Å². The number of carbonyl (C=O) groups is 3. The van der Waals surface area contributed by atoms with Crippen LogP contribution in [0, 0.1) is 0 Å². The summed E-state index contributed by atoms with van der Waals surface area (Å²) in [5, 5.41) is 9.09. The maximum Gasteiger partial charge on any atom is 0.416 e. The van der Waals surface area contributed by atoms with Crippen LogP contribution in [0.4, 0.5) is 26.3 Å². The molecule has 1 unspecified atom stereocenters. The highest BCUT2D eigenvalue weighted by Gasteiger charge is 2.38. The fraction of sp³-hybridized carbons (Fsp3) is 0.250. The fourth-order valence-electron chi connectivity index (χ4n) is 4.76. The maximum atomic E-state index is 13.8. The molecule has 0 radical (unpaired) electrons. The van der Waals surface area contributed by atoms with Gasteiger partial charge in [0.05, 0.1) is 23.5 Å². The molecule has 4 aromatic rings. The number of amides is 2. The third-order valence-corrected chi connectivity index (χ3v) is 7.04. The third kappa shape index (κ3) is 8.81. The second-order valence-corrected chi connectivity index (χ2v) is 10.3. The quantitative estimate of drug-likeness (QED) is 0.168. The number of nitrogens with one attached hydrogen (secondary N) is 3. The number of nitrogens with zero attached hydrogens (tertiary/aromatic N) is 2. The van der Waals surface area contributed by atoms with Crippen LogP contribution in [0.2, 0.25) is 0 Å². The lowest BCUT2D eigenvalue weighted by atomic mass is 9.94. The van der Waals surface area contributed by atoms with E-state index in [9.17, 15) is 40.7 Å². The molecule has 1 heterocycles. The number of imidazole rings is 1. The molecular weight excluding hydrogens is 616 g/mol. The van der Waals surface area contributed by atoms with E-state index >= 15 is 0 Å². The Kier molecular flexibility index (Phi) is 10.6. The van der Waals surface area contributed by atoms with Crippen molar-refractivity contribution in [1.82, 2.24) is 20.6 Å². The van der Waals surface area contributed by atoms with Crippen LogP contribution in [0.5, 0.6) is 0 Å². The fourth-order valence-corrected chi connectivity index (χ4v) is 4.76. The molecule has 0 bridgehead atoms. The Morgan fingerprint density at radius 2 is 1.39 bits per heavy atom. The summed E-state index contributed by atoms with van der Waals surface area (Å²) in [6.45, 7) is 0. The molecule has 3 atom stereocenters. The van der Waals surface area contributed by atoms with E-state index in [4.69, 9.17) is 0 Å². The first kappa shape index (κ1) is 33.9. The van der Waals surface area contributed by atoms with E-state index in [0.29, 0.717) is 16.8 Å². The zero-order valence-corrected chi connectivity index (χ0v) is 24.2. The lowest BCUT2D eigenvalue weighted by Crippen LogP contribution is -2.53. The minimum atomic E-state index is -5.18. The van der Waals surface area contributed by atoms with Crippen LogP contribution in [0.15, 0.2) is 91.4 Å². The van der Waals surface area contributed by atoms with E-state index in [1.54, 1.807) is 60.7 Å². The van der Waals surface area contributed by atoms with Gasteiger partial charge in [-0.2, -0.15) is 33.4 Å². The number of hydrogen-bond donors (Lipinski definition) is 3. The first-order valence-electron chi connectivity index (χ1n) is 13.9. The van der Waals surface area contributed by atoms with Gasteiger partial charge in [-0.1, -0.05) is 66.2 Å². The van der Waals surface area contributed by atoms with Gasteiger partial charge in [-0.25, -0.2) is 4.98 Å². The molecule has 0 fully saturated rings. The topological polar surface area (TPSA) is 118 Å². The summed E-state index contributed by atoms with van der Waals surface area (Å²) in [6.07, 6.45) is -7.80. The van der Waals surface area contributed by atoms with Gasteiger partial charge in [-0.3, -0.25) is 14.4 Å². The number of aromatic nitrogens is 2. The van der Waals surface area contributed by atoms with E-state index < -0.39 is 64.8 Å². The van der Waals surface area contributed by atoms with Crippen LogP contribution in [0.25, 0.3) is 5.32 Å². The third-order valence-electron chi connectivity index (χ3n) is 7.04. The number of benzene rings is 3. The second-order valence-electron chi connectivity index (χ2n) is 10.3. The van der Waals surface area contributed by atoms with Gasteiger partial charge in [-0.15, -0.1) is 0 Å². The normalized spacial score (nSPS) is 13.8. The highest BCUT2D eigenvalue weighted by molar-refractivity contribution is 6.00. The minimum absolute atomic E-state index is 0.0575. The molecular formula is C32H28F6N5O3-. The Labute approximate surface area is 259 Å². The monoisotopic (exact) mass is 644 g/mol. The maximum absolute atomic E-state index is 13.8. The molecule has 0 aliphatic heterocycles. The number of H-pyrrole nitrogens is 1. The van der Waals surface area contributed by atoms with E-state index in [1.807, 2.05) is 0 Å². The summed E-state index contributed by atoms with van der Waals surface area (Å²) in [6, 6.07) is 13.5. The molecule has 0 saturated heterocycles. The van der Waals surface area contributed by atoms with Gasteiger partial charge in [0, 0.05) is 30.3 Å². The molecule has 4 rings (SSSR count). The van der Waals surface area contributed by atoms with E-state index in [0.717, 1.165) is 0 Å². The van der Waals surface area contributed by atoms with E-state index in [1.165, 1.54) is 19.6 Å². The largest absolute Gasteiger partial charge is 0.652 e. The summed E-state index contributed by atoms with van der Waals surface area (Å²) in [4.78, 5) is 47.5. The SMILES string of the molecule is C[N-]C(C(=O)[C@H](Cc1cnc[nH]1)NC(=O)[C@H](Cc1ccccc1)NC(=O)c1cc(C(F)(F)F)cc(C(F)(F)F)c1)c1ccccc1. The molecule has 0 spiro atoms. The molecule has 3 N–H and O–H groups in total. The molecule has 3 aromatic carbocycles. The summed E-state index contributed by atoms with van der Waals surface area (Å²) in [5.74, 6) is -2.76. The van der Waals surface area contributed by atoms with Crippen LogP contribution < -0.4 is 10.6 Å². The Morgan fingerprint density at radius 3 is 1.91 bits per heavy atom. The number of hydrogen-bond acceptors (Lipinski definition) is 4. The first-order valence-corrected chi connectivity index (χ1v) is 13.9. The highest BCUT2D eigenvalue weighted by atomic mass is 19.4. The van der Waals surface area contributed by atoms with Crippen molar-refractivity contribution in [3.63, 3.8) is 0 Å². The number of aromatic amines is 1. The Hall–Kier alpha value is -4.98. The number of carbonyl (C=O) groups excluding carboxylic acids is 3. The average molecular weight is 645 g/mol. The summed E-state index contributed by atoms with van der Waals surface area (Å²) in [7, 11) is 1.44. The van der Waals surface area contributed by atoms with Gasteiger partial charge in [0.15, 0.2) is 0 Å². The number of halogens is 6. The van der Waals surface area contributed by atoms with Crippen molar-refractivity contribution in [1.29, 1.82) is 0 Å². The molecule has 0 aliphatic rings. The van der Waals surface area contributed by atoms with Crippen molar-refractivity contribution in [2.75, 3.05) is 7.05 Å². The first-order chi connectivity index (χ1) is 21.8. The van der Waals surface area contributed by atoms with Crippen LogP contribution in [0.1, 0.15) is 44.3 Å². The molecule has 1 aromatic heterocycles. The van der Waals surface area contributed by atoms with Crippen LogP contribution in [-0.4, -0.2) is 46.7 Å².